The second-order valence-corrected chi connectivity index (χ2v) is 5.64. The summed E-state index contributed by atoms with van der Waals surface area (Å²) in [5.74, 6) is 2.00. The first kappa shape index (κ1) is 12.3. The van der Waals surface area contributed by atoms with E-state index in [9.17, 15) is 5.11 Å². The van der Waals surface area contributed by atoms with Gasteiger partial charge in [0.05, 0.1) is 7.11 Å². The van der Waals surface area contributed by atoms with E-state index < -0.39 is 0 Å². The van der Waals surface area contributed by atoms with Crippen LogP contribution >= 0.6 is 0 Å². The van der Waals surface area contributed by atoms with Crippen LogP contribution in [0.2, 0.25) is 0 Å². The van der Waals surface area contributed by atoms with Crippen LogP contribution < -0.4 is 4.74 Å². The Kier molecular flexibility index (Phi) is 2.84. The number of methoxy groups -OCH3 is 1. The van der Waals surface area contributed by atoms with E-state index in [1.165, 1.54) is 11.1 Å². The third kappa shape index (κ3) is 1.62. The van der Waals surface area contributed by atoms with Crippen molar-refractivity contribution in [2.24, 2.45) is 5.92 Å². The van der Waals surface area contributed by atoms with Crippen molar-refractivity contribution in [1.29, 1.82) is 0 Å². The van der Waals surface area contributed by atoms with Crippen LogP contribution in [0.25, 0.3) is 0 Å². The highest BCUT2D eigenvalue weighted by molar-refractivity contribution is 5.53. The van der Waals surface area contributed by atoms with Gasteiger partial charge in [-0.3, -0.25) is 0 Å². The summed E-state index contributed by atoms with van der Waals surface area (Å²) in [4.78, 5) is 0. The lowest BCUT2D eigenvalue weighted by atomic mass is 9.76. The fourth-order valence-electron chi connectivity index (χ4n) is 3.20. The molecule has 2 heteroatoms. The highest BCUT2D eigenvalue weighted by Crippen LogP contribution is 2.53. The largest absolute Gasteiger partial charge is 0.504 e. The molecule has 0 spiro atoms. The molecule has 0 fully saturated rings. The second-order valence-electron chi connectivity index (χ2n) is 5.64. The van der Waals surface area contributed by atoms with Crippen molar-refractivity contribution >= 4 is 0 Å². The summed E-state index contributed by atoms with van der Waals surface area (Å²) in [6, 6.07) is 3.91. The predicted molar refractivity (Wildman–Crippen MR) is 69.9 cm³/mol. The van der Waals surface area contributed by atoms with Crippen molar-refractivity contribution < 1.29 is 9.84 Å². The molecule has 1 aromatic rings. The van der Waals surface area contributed by atoms with E-state index in [4.69, 9.17) is 4.74 Å². The molecule has 94 valence electrons. The van der Waals surface area contributed by atoms with Crippen molar-refractivity contribution in [3.05, 3.63) is 23.3 Å². The van der Waals surface area contributed by atoms with Crippen LogP contribution in [0.1, 0.15) is 51.2 Å². The number of rotatable bonds is 2. The molecule has 0 unspecified atom stereocenters. The Labute approximate surface area is 104 Å². The van der Waals surface area contributed by atoms with E-state index in [1.54, 1.807) is 7.11 Å². The van der Waals surface area contributed by atoms with E-state index in [0.29, 0.717) is 17.6 Å². The number of hydrogen-bond donors (Lipinski definition) is 1. The first-order chi connectivity index (χ1) is 7.93. The van der Waals surface area contributed by atoms with Crippen molar-refractivity contribution in [3.63, 3.8) is 0 Å². The van der Waals surface area contributed by atoms with Crippen molar-refractivity contribution in [3.8, 4) is 11.5 Å². The van der Waals surface area contributed by atoms with Gasteiger partial charge >= 0.3 is 0 Å². The molecular weight excluding hydrogens is 212 g/mol. The molecule has 0 aliphatic heterocycles. The van der Waals surface area contributed by atoms with Crippen LogP contribution in [0.3, 0.4) is 0 Å². The van der Waals surface area contributed by atoms with Crippen molar-refractivity contribution in [1.82, 2.24) is 0 Å². The monoisotopic (exact) mass is 234 g/mol. The van der Waals surface area contributed by atoms with Crippen LogP contribution in [0.4, 0.5) is 0 Å². The zero-order valence-corrected chi connectivity index (χ0v) is 11.4. The molecule has 0 heterocycles. The molecule has 1 aliphatic carbocycles. The molecule has 2 nitrogen and oxygen atoms in total. The Morgan fingerprint density at radius 2 is 2.00 bits per heavy atom. The molecule has 1 aliphatic rings. The molecule has 1 aromatic carbocycles. The Morgan fingerprint density at radius 1 is 1.35 bits per heavy atom. The third-order valence-corrected chi connectivity index (χ3v) is 4.63. The molecule has 2 atom stereocenters. The van der Waals surface area contributed by atoms with Crippen molar-refractivity contribution in [2.45, 2.75) is 45.4 Å². The lowest BCUT2D eigenvalue weighted by molar-refractivity contribution is 0.325. The number of ether oxygens (including phenoxy) is 1. The average molecular weight is 234 g/mol. The maximum absolute atomic E-state index is 9.93. The summed E-state index contributed by atoms with van der Waals surface area (Å²) < 4.78 is 5.22. The molecular formula is C15H22O2. The van der Waals surface area contributed by atoms with Gasteiger partial charge in [0.25, 0.3) is 0 Å². The van der Waals surface area contributed by atoms with Gasteiger partial charge in [-0.25, -0.2) is 0 Å². The van der Waals surface area contributed by atoms with Gasteiger partial charge < -0.3 is 9.84 Å². The van der Waals surface area contributed by atoms with Crippen LogP contribution in [0, 0.1) is 5.92 Å². The van der Waals surface area contributed by atoms with Gasteiger partial charge in [0.1, 0.15) is 0 Å². The van der Waals surface area contributed by atoms with Gasteiger partial charge in [0.2, 0.25) is 0 Å². The van der Waals surface area contributed by atoms with E-state index in [-0.39, 0.29) is 11.2 Å². The van der Waals surface area contributed by atoms with E-state index >= 15 is 0 Å². The predicted octanol–water partition coefficient (Wildman–Crippen LogP) is 3.82. The molecule has 0 bridgehead atoms. The fourth-order valence-corrected chi connectivity index (χ4v) is 3.20. The maximum atomic E-state index is 9.93. The third-order valence-electron chi connectivity index (χ3n) is 4.63. The van der Waals surface area contributed by atoms with Crippen LogP contribution in [0.15, 0.2) is 12.1 Å². The molecule has 2 rings (SSSR count). The minimum absolute atomic E-state index is 0.125. The topological polar surface area (TPSA) is 29.5 Å². The smallest absolute Gasteiger partial charge is 0.160 e. The normalized spacial score (nSPS) is 25.7. The molecule has 0 saturated carbocycles. The van der Waals surface area contributed by atoms with Gasteiger partial charge in [0.15, 0.2) is 11.5 Å². The Bertz CT molecular complexity index is 435. The molecule has 0 aromatic heterocycles. The molecule has 1 N–H and O–H groups in total. The van der Waals surface area contributed by atoms with E-state index in [1.807, 2.05) is 12.1 Å². The maximum Gasteiger partial charge on any atom is 0.160 e. The zero-order chi connectivity index (χ0) is 12.8. The standard InChI is InChI=1S/C15H22O2/c1-6-10-9(2)15(3,4)12-8-13(16)14(17-5)7-11(10)12/h7-10,16H,6H2,1-5H3/t9-,10+/m0/s1. The van der Waals surface area contributed by atoms with Crippen LogP contribution in [-0.4, -0.2) is 12.2 Å². The lowest BCUT2D eigenvalue weighted by Gasteiger charge is -2.27. The number of hydrogen-bond acceptors (Lipinski definition) is 2. The highest BCUT2D eigenvalue weighted by atomic mass is 16.5. The Hall–Kier alpha value is -1.18. The fraction of sp³-hybridized carbons (Fsp3) is 0.600. The summed E-state index contributed by atoms with van der Waals surface area (Å²) in [5, 5.41) is 9.93. The Balaban J connectivity index is 2.63. The Morgan fingerprint density at radius 3 is 2.53 bits per heavy atom. The van der Waals surface area contributed by atoms with Gasteiger partial charge in [-0.15, -0.1) is 0 Å². The molecule has 17 heavy (non-hydrogen) atoms. The van der Waals surface area contributed by atoms with Gasteiger partial charge in [0, 0.05) is 0 Å². The summed E-state index contributed by atoms with van der Waals surface area (Å²) >= 11 is 0. The summed E-state index contributed by atoms with van der Waals surface area (Å²) in [6.07, 6.45) is 1.13. The van der Waals surface area contributed by atoms with E-state index in [0.717, 1.165) is 6.42 Å². The minimum Gasteiger partial charge on any atom is -0.504 e. The van der Waals surface area contributed by atoms with Gasteiger partial charge in [-0.1, -0.05) is 27.7 Å². The molecule has 0 amide bonds. The molecule has 0 saturated heterocycles. The van der Waals surface area contributed by atoms with Crippen molar-refractivity contribution in [2.75, 3.05) is 7.11 Å². The summed E-state index contributed by atoms with van der Waals surface area (Å²) in [7, 11) is 1.60. The van der Waals surface area contributed by atoms with Crippen LogP contribution in [0.5, 0.6) is 11.5 Å². The quantitative estimate of drug-likeness (QED) is 0.843. The molecule has 0 radical (unpaired) electrons. The number of phenolic OH excluding ortho intramolecular Hbond substituents is 1. The first-order valence-corrected chi connectivity index (χ1v) is 6.34. The number of phenols is 1. The average Bonchev–Trinajstić information content (AvgIpc) is 2.47. The van der Waals surface area contributed by atoms with Gasteiger partial charge in [-0.2, -0.15) is 0 Å². The number of benzene rings is 1. The number of aromatic hydroxyl groups is 1. The van der Waals surface area contributed by atoms with Crippen LogP contribution in [-0.2, 0) is 5.41 Å². The zero-order valence-electron chi connectivity index (χ0n) is 11.4. The van der Waals surface area contributed by atoms with E-state index in [2.05, 4.69) is 27.7 Å². The van der Waals surface area contributed by atoms with Gasteiger partial charge in [-0.05, 0) is 46.9 Å². The SMILES string of the molecule is CC[C@H]1c2cc(OC)c(O)cc2C(C)(C)[C@H]1C. The summed E-state index contributed by atoms with van der Waals surface area (Å²) in [6.45, 7) is 9.06. The minimum atomic E-state index is 0.125. The summed E-state index contributed by atoms with van der Waals surface area (Å²) in [5.41, 5.74) is 2.74. The number of fused-ring (bicyclic) bond motifs is 1. The highest BCUT2D eigenvalue weighted by Gasteiger charge is 2.43. The lowest BCUT2D eigenvalue weighted by Crippen LogP contribution is -2.23. The second kappa shape index (κ2) is 3.94. The first-order valence-electron chi connectivity index (χ1n) is 6.34.